The maximum Gasteiger partial charge on any atom is 0.287 e. The van der Waals surface area contributed by atoms with Crippen molar-refractivity contribution in [2.24, 2.45) is 5.92 Å². The van der Waals surface area contributed by atoms with Gasteiger partial charge in [-0.1, -0.05) is 13.8 Å². The van der Waals surface area contributed by atoms with Gasteiger partial charge in [0.2, 0.25) is 0 Å². The van der Waals surface area contributed by atoms with Gasteiger partial charge in [0, 0.05) is 17.6 Å². The fourth-order valence-corrected chi connectivity index (χ4v) is 1.56. The molecule has 1 heterocycles. The Hall–Kier alpha value is -1.97. The molecule has 90 valence electrons. The van der Waals surface area contributed by atoms with Gasteiger partial charge in [0.25, 0.3) is 5.91 Å². The highest BCUT2D eigenvalue weighted by Crippen LogP contribution is 2.21. The number of nitrogens with two attached hydrogens (primary N) is 1. The second kappa shape index (κ2) is 4.49. The molecule has 0 unspecified atom stereocenters. The Kier molecular flexibility index (Phi) is 3.04. The molecule has 0 aliphatic carbocycles. The maximum absolute atomic E-state index is 11.8. The summed E-state index contributed by atoms with van der Waals surface area (Å²) in [6.45, 7) is 4.72. The third-order valence-electron chi connectivity index (χ3n) is 2.44. The molecule has 4 heteroatoms. The zero-order valence-corrected chi connectivity index (χ0v) is 9.99. The summed E-state index contributed by atoms with van der Waals surface area (Å²) in [6.07, 6.45) is 0. The maximum atomic E-state index is 11.8. The number of carbonyl (C=O) groups is 1. The van der Waals surface area contributed by atoms with E-state index in [2.05, 4.69) is 5.32 Å². The minimum absolute atomic E-state index is 0.187. The van der Waals surface area contributed by atoms with Crippen LogP contribution in [0.3, 0.4) is 0 Å². The van der Waals surface area contributed by atoms with Gasteiger partial charge >= 0.3 is 0 Å². The highest BCUT2D eigenvalue weighted by Gasteiger charge is 2.12. The standard InChI is InChI=1S/C13H16N2O2/c1-8(2)7-15-13(16)12-6-9-5-10(14)3-4-11(9)17-12/h3-6,8H,7,14H2,1-2H3,(H,15,16). The van der Waals surface area contributed by atoms with Crippen molar-refractivity contribution < 1.29 is 9.21 Å². The summed E-state index contributed by atoms with van der Waals surface area (Å²) in [5, 5.41) is 3.66. The Morgan fingerprint density at radius 2 is 2.18 bits per heavy atom. The zero-order valence-electron chi connectivity index (χ0n) is 9.99. The summed E-state index contributed by atoms with van der Waals surface area (Å²) in [6, 6.07) is 7.02. The first-order valence-corrected chi connectivity index (χ1v) is 5.63. The molecular weight excluding hydrogens is 216 g/mol. The Morgan fingerprint density at radius 3 is 2.88 bits per heavy atom. The lowest BCUT2D eigenvalue weighted by Crippen LogP contribution is -2.26. The number of amides is 1. The van der Waals surface area contributed by atoms with E-state index in [1.807, 2.05) is 13.8 Å². The minimum atomic E-state index is -0.187. The summed E-state index contributed by atoms with van der Waals surface area (Å²) in [7, 11) is 0. The van der Waals surface area contributed by atoms with Gasteiger partial charge < -0.3 is 15.5 Å². The van der Waals surface area contributed by atoms with Gasteiger partial charge in [0.1, 0.15) is 5.58 Å². The van der Waals surface area contributed by atoms with Crippen molar-refractivity contribution in [3.63, 3.8) is 0 Å². The van der Waals surface area contributed by atoms with Crippen LogP contribution < -0.4 is 11.1 Å². The van der Waals surface area contributed by atoms with Gasteiger partial charge in [0.15, 0.2) is 5.76 Å². The van der Waals surface area contributed by atoms with E-state index >= 15 is 0 Å². The first-order chi connectivity index (χ1) is 8.06. The fourth-order valence-electron chi connectivity index (χ4n) is 1.56. The van der Waals surface area contributed by atoms with Gasteiger partial charge in [-0.3, -0.25) is 4.79 Å². The third-order valence-corrected chi connectivity index (χ3v) is 2.44. The number of nitrogens with one attached hydrogen (secondary N) is 1. The SMILES string of the molecule is CC(C)CNC(=O)c1cc2cc(N)ccc2o1. The quantitative estimate of drug-likeness (QED) is 0.798. The second-order valence-corrected chi connectivity index (χ2v) is 4.51. The minimum Gasteiger partial charge on any atom is -0.451 e. The van der Waals surface area contributed by atoms with Crippen molar-refractivity contribution in [3.8, 4) is 0 Å². The number of anilines is 1. The summed E-state index contributed by atoms with van der Waals surface area (Å²) in [5.41, 5.74) is 7.00. The van der Waals surface area contributed by atoms with Crippen LogP contribution in [0.5, 0.6) is 0 Å². The van der Waals surface area contributed by atoms with Crippen LogP contribution in [0, 0.1) is 5.92 Å². The number of furan rings is 1. The van der Waals surface area contributed by atoms with Crippen molar-refractivity contribution in [3.05, 3.63) is 30.0 Å². The third kappa shape index (κ3) is 2.58. The molecule has 2 aromatic rings. The van der Waals surface area contributed by atoms with Gasteiger partial charge in [-0.25, -0.2) is 0 Å². The first kappa shape index (κ1) is 11.5. The normalized spacial score (nSPS) is 11.0. The van der Waals surface area contributed by atoms with Crippen molar-refractivity contribution in [1.29, 1.82) is 0 Å². The van der Waals surface area contributed by atoms with E-state index in [0.717, 1.165) is 5.39 Å². The van der Waals surface area contributed by atoms with Gasteiger partial charge in [-0.2, -0.15) is 0 Å². The molecular formula is C13H16N2O2. The van der Waals surface area contributed by atoms with Crippen molar-refractivity contribution >= 4 is 22.6 Å². The number of benzene rings is 1. The van der Waals surface area contributed by atoms with Gasteiger partial charge in [-0.15, -0.1) is 0 Å². The van der Waals surface area contributed by atoms with E-state index < -0.39 is 0 Å². The molecule has 1 aromatic heterocycles. The average Bonchev–Trinajstić information content (AvgIpc) is 2.68. The van der Waals surface area contributed by atoms with E-state index in [1.165, 1.54) is 0 Å². The molecule has 0 fully saturated rings. The molecule has 1 aromatic carbocycles. The lowest BCUT2D eigenvalue weighted by atomic mass is 10.2. The van der Waals surface area contributed by atoms with Crippen LogP contribution in [0.4, 0.5) is 5.69 Å². The van der Waals surface area contributed by atoms with E-state index in [-0.39, 0.29) is 5.91 Å². The molecule has 17 heavy (non-hydrogen) atoms. The molecule has 0 bridgehead atoms. The number of nitrogen functional groups attached to an aromatic ring is 1. The van der Waals surface area contributed by atoms with Crippen molar-refractivity contribution in [1.82, 2.24) is 5.32 Å². The fraction of sp³-hybridized carbons (Fsp3) is 0.308. The van der Waals surface area contributed by atoms with E-state index in [1.54, 1.807) is 24.3 Å². The zero-order chi connectivity index (χ0) is 12.4. The molecule has 0 spiro atoms. The van der Waals surface area contributed by atoms with E-state index in [4.69, 9.17) is 10.2 Å². The Balaban J connectivity index is 2.21. The van der Waals surface area contributed by atoms with Crippen LogP contribution >= 0.6 is 0 Å². The number of rotatable bonds is 3. The Bertz CT molecular complexity index is 543. The summed E-state index contributed by atoms with van der Waals surface area (Å²) >= 11 is 0. The van der Waals surface area contributed by atoms with Crippen LogP contribution in [-0.2, 0) is 0 Å². The van der Waals surface area contributed by atoms with Gasteiger partial charge in [-0.05, 0) is 30.2 Å². The van der Waals surface area contributed by atoms with Crippen LogP contribution in [0.25, 0.3) is 11.0 Å². The van der Waals surface area contributed by atoms with E-state index in [0.29, 0.717) is 29.5 Å². The predicted octanol–water partition coefficient (Wildman–Crippen LogP) is 2.40. The van der Waals surface area contributed by atoms with Crippen LogP contribution in [0.1, 0.15) is 24.4 Å². The second-order valence-electron chi connectivity index (χ2n) is 4.51. The molecule has 0 atom stereocenters. The van der Waals surface area contributed by atoms with E-state index in [9.17, 15) is 4.79 Å². The smallest absolute Gasteiger partial charge is 0.287 e. The molecule has 0 saturated heterocycles. The van der Waals surface area contributed by atoms with Crippen LogP contribution in [0.2, 0.25) is 0 Å². The van der Waals surface area contributed by atoms with Gasteiger partial charge in [0.05, 0.1) is 0 Å². The molecule has 0 aliphatic rings. The molecule has 0 saturated carbocycles. The molecule has 4 nitrogen and oxygen atoms in total. The summed E-state index contributed by atoms with van der Waals surface area (Å²) in [4.78, 5) is 11.8. The lowest BCUT2D eigenvalue weighted by molar-refractivity contribution is 0.0923. The topological polar surface area (TPSA) is 68.3 Å². The molecule has 3 N–H and O–H groups in total. The molecule has 2 rings (SSSR count). The Labute approximate surface area is 99.8 Å². The van der Waals surface area contributed by atoms with Crippen LogP contribution in [-0.4, -0.2) is 12.5 Å². The number of hydrogen-bond acceptors (Lipinski definition) is 3. The predicted molar refractivity (Wildman–Crippen MR) is 67.8 cm³/mol. The van der Waals surface area contributed by atoms with Crippen molar-refractivity contribution in [2.75, 3.05) is 12.3 Å². The van der Waals surface area contributed by atoms with Crippen LogP contribution in [0.15, 0.2) is 28.7 Å². The summed E-state index contributed by atoms with van der Waals surface area (Å²) in [5.74, 6) is 0.554. The monoisotopic (exact) mass is 232 g/mol. The molecule has 0 aliphatic heterocycles. The largest absolute Gasteiger partial charge is 0.451 e. The highest BCUT2D eigenvalue weighted by atomic mass is 16.3. The Morgan fingerprint density at radius 1 is 1.41 bits per heavy atom. The van der Waals surface area contributed by atoms with Crippen molar-refractivity contribution in [2.45, 2.75) is 13.8 Å². The lowest BCUT2D eigenvalue weighted by Gasteiger charge is -2.04. The summed E-state index contributed by atoms with van der Waals surface area (Å²) < 4.78 is 5.45. The first-order valence-electron chi connectivity index (χ1n) is 5.63. The number of fused-ring (bicyclic) bond motifs is 1. The average molecular weight is 232 g/mol. The molecule has 1 amide bonds. The number of hydrogen-bond donors (Lipinski definition) is 2. The highest BCUT2D eigenvalue weighted by molar-refractivity contribution is 5.96. The number of carbonyl (C=O) groups excluding carboxylic acids is 1. The molecule has 0 radical (unpaired) electrons.